The van der Waals surface area contributed by atoms with E-state index in [9.17, 15) is 9.59 Å². The number of benzene rings is 1. The molecule has 1 aliphatic rings. The van der Waals surface area contributed by atoms with Crippen molar-refractivity contribution in [2.45, 2.75) is 19.8 Å². The zero-order valence-electron chi connectivity index (χ0n) is 15.1. The molecule has 0 spiro atoms. The second-order valence-corrected chi connectivity index (χ2v) is 7.62. The van der Waals surface area contributed by atoms with Crippen LogP contribution < -0.4 is 0 Å². The quantitative estimate of drug-likeness (QED) is 0.647. The number of piperidine rings is 1. The number of rotatable bonds is 4. The van der Waals surface area contributed by atoms with Gasteiger partial charge in [-0.25, -0.2) is 4.98 Å². The summed E-state index contributed by atoms with van der Waals surface area (Å²) < 4.78 is 8.06. The van der Waals surface area contributed by atoms with Crippen molar-refractivity contribution in [2.24, 2.45) is 5.92 Å². The van der Waals surface area contributed by atoms with Crippen LogP contribution in [0.25, 0.3) is 15.3 Å². The van der Waals surface area contributed by atoms with Crippen LogP contribution in [0.4, 0.5) is 0 Å². The van der Waals surface area contributed by atoms with Crippen molar-refractivity contribution in [3.05, 3.63) is 48.3 Å². The first-order valence-electron chi connectivity index (χ1n) is 9.15. The van der Waals surface area contributed by atoms with Gasteiger partial charge in [-0.15, -0.1) is 0 Å². The molecule has 3 aromatic rings. The molecular weight excluding hydrogens is 362 g/mol. The van der Waals surface area contributed by atoms with E-state index in [0.717, 1.165) is 28.2 Å². The Morgan fingerprint density at radius 1 is 1.30 bits per heavy atom. The van der Waals surface area contributed by atoms with Crippen molar-refractivity contribution in [3.63, 3.8) is 0 Å². The van der Waals surface area contributed by atoms with Gasteiger partial charge in [-0.1, -0.05) is 11.3 Å². The lowest BCUT2D eigenvalue weighted by atomic mass is 9.97. The van der Waals surface area contributed by atoms with E-state index in [1.807, 2.05) is 47.3 Å². The molecule has 140 valence electrons. The summed E-state index contributed by atoms with van der Waals surface area (Å²) in [6.07, 6.45) is 5.49. The highest BCUT2D eigenvalue weighted by Gasteiger charge is 2.30. The van der Waals surface area contributed by atoms with Crippen LogP contribution >= 0.6 is 11.3 Å². The molecule has 1 fully saturated rings. The number of hydrogen-bond donors (Lipinski definition) is 0. The predicted octanol–water partition coefficient (Wildman–Crippen LogP) is 3.50. The van der Waals surface area contributed by atoms with Crippen LogP contribution in [0.5, 0.6) is 0 Å². The van der Waals surface area contributed by atoms with Crippen molar-refractivity contribution in [2.75, 3.05) is 19.7 Å². The lowest BCUT2D eigenvalue weighted by Gasteiger charge is -2.31. The number of amides is 1. The summed E-state index contributed by atoms with van der Waals surface area (Å²) in [5.74, 6) is -0.471. The minimum absolute atomic E-state index is 0.0400. The van der Waals surface area contributed by atoms with Crippen LogP contribution in [0.3, 0.4) is 0 Å². The largest absolute Gasteiger partial charge is 0.466 e. The number of thiazole rings is 1. The minimum atomic E-state index is -0.227. The van der Waals surface area contributed by atoms with Crippen molar-refractivity contribution >= 4 is 33.4 Å². The summed E-state index contributed by atoms with van der Waals surface area (Å²) in [7, 11) is 0. The van der Waals surface area contributed by atoms with Crippen LogP contribution in [0.15, 0.2) is 42.7 Å². The normalized spacial score (nSPS) is 17.2. The molecule has 1 aliphatic heterocycles. The van der Waals surface area contributed by atoms with E-state index in [0.29, 0.717) is 25.3 Å². The molecule has 4 rings (SSSR count). The Hall–Kier alpha value is -2.67. The van der Waals surface area contributed by atoms with E-state index < -0.39 is 0 Å². The van der Waals surface area contributed by atoms with E-state index >= 15 is 0 Å². The molecule has 3 heterocycles. The smallest absolute Gasteiger partial charge is 0.310 e. The maximum absolute atomic E-state index is 13.0. The third-order valence-electron chi connectivity index (χ3n) is 4.78. The summed E-state index contributed by atoms with van der Waals surface area (Å²) in [6.45, 7) is 3.27. The second-order valence-electron chi connectivity index (χ2n) is 6.61. The topological polar surface area (TPSA) is 64.4 Å². The van der Waals surface area contributed by atoms with Crippen molar-refractivity contribution in [1.82, 2.24) is 14.5 Å². The maximum atomic E-state index is 13.0. The molecule has 1 amide bonds. The Kier molecular flexibility index (Phi) is 4.94. The fourth-order valence-electron chi connectivity index (χ4n) is 3.41. The molecule has 27 heavy (non-hydrogen) atoms. The van der Waals surface area contributed by atoms with Gasteiger partial charge in [0.1, 0.15) is 0 Å². The zero-order valence-corrected chi connectivity index (χ0v) is 15.9. The van der Waals surface area contributed by atoms with Gasteiger partial charge in [0.2, 0.25) is 0 Å². The fourth-order valence-corrected chi connectivity index (χ4v) is 4.39. The molecule has 0 N–H and O–H groups in total. The third-order valence-corrected chi connectivity index (χ3v) is 5.81. The third kappa shape index (κ3) is 3.60. The highest BCUT2D eigenvalue weighted by atomic mass is 32.1. The van der Waals surface area contributed by atoms with E-state index in [2.05, 4.69) is 4.98 Å². The summed E-state index contributed by atoms with van der Waals surface area (Å²) in [6, 6.07) is 9.52. The minimum Gasteiger partial charge on any atom is -0.466 e. The number of likely N-dealkylation sites (tertiary alicyclic amines) is 1. The monoisotopic (exact) mass is 383 g/mol. The van der Waals surface area contributed by atoms with Crippen molar-refractivity contribution < 1.29 is 14.3 Å². The lowest BCUT2D eigenvalue weighted by Crippen LogP contribution is -2.42. The first kappa shape index (κ1) is 17.7. The molecule has 7 heteroatoms. The first-order valence-corrected chi connectivity index (χ1v) is 9.97. The van der Waals surface area contributed by atoms with Crippen LogP contribution in [-0.2, 0) is 9.53 Å². The van der Waals surface area contributed by atoms with Gasteiger partial charge in [0, 0.05) is 31.0 Å². The Morgan fingerprint density at radius 3 is 2.89 bits per heavy atom. The number of esters is 1. The Morgan fingerprint density at radius 2 is 2.11 bits per heavy atom. The zero-order chi connectivity index (χ0) is 18.8. The highest BCUT2D eigenvalue weighted by molar-refractivity contribution is 7.20. The summed E-state index contributed by atoms with van der Waals surface area (Å²) in [4.78, 5) is 31.4. The van der Waals surface area contributed by atoms with E-state index in [4.69, 9.17) is 4.74 Å². The number of nitrogens with zero attached hydrogens (tertiary/aromatic N) is 3. The number of hydrogen-bond acceptors (Lipinski definition) is 5. The fraction of sp³-hybridized carbons (Fsp3) is 0.350. The van der Waals surface area contributed by atoms with E-state index in [1.54, 1.807) is 23.2 Å². The molecule has 0 radical (unpaired) electrons. The van der Waals surface area contributed by atoms with Crippen LogP contribution in [0.2, 0.25) is 0 Å². The van der Waals surface area contributed by atoms with Crippen molar-refractivity contribution in [3.8, 4) is 5.13 Å². The van der Waals surface area contributed by atoms with Gasteiger partial charge in [0.05, 0.1) is 22.7 Å². The number of ether oxygens (including phenoxy) is 1. The molecule has 0 bridgehead atoms. The summed E-state index contributed by atoms with van der Waals surface area (Å²) in [5.41, 5.74) is 1.51. The number of aromatic nitrogens is 2. The summed E-state index contributed by atoms with van der Waals surface area (Å²) in [5, 5.41) is 0.875. The Bertz CT molecular complexity index is 964. The molecular formula is C20H21N3O3S. The average molecular weight is 383 g/mol. The van der Waals surface area contributed by atoms with E-state index in [-0.39, 0.29) is 17.8 Å². The number of carbonyl (C=O) groups excluding carboxylic acids is 2. The van der Waals surface area contributed by atoms with Crippen LogP contribution in [0, 0.1) is 5.92 Å². The SMILES string of the molecule is CCOC(=O)C1CCCN(C(=O)c2ccc3nc(-n4cccc4)sc3c2)C1. The van der Waals surface area contributed by atoms with Gasteiger partial charge in [-0.05, 0) is 50.1 Å². The van der Waals surface area contributed by atoms with Gasteiger partial charge < -0.3 is 14.2 Å². The molecule has 1 atom stereocenters. The first-order chi connectivity index (χ1) is 13.2. The predicted molar refractivity (Wildman–Crippen MR) is 104 cm³/mol. The van der Waals surface area contributed by atoms with Crippen LogP contribution in [-0.4, -0.2) is 46.0 Å². The molecule has 1 saturated heterocycles. The second kappa shape index (κ2) is 7.52. The van der Waals surface area contributed by atoms with Gasteiger partial charge in [-0.2, -0.15) is 0 Å². The standard InChI is InChI=1S/C20H21N3O3S/c1-2-26-19(25)15-6-5-11-23(13-15)18(24)14-7-8-16-17(12-14)27-20(21-16)22-9-3-4-10-22/h3-4,7-10,12,15H,2,5-6,11,13H2,1H3. The van der Waals surface area contributed by atoms with Crippen molar-refractivity contribution in [1.29, 1.82) is 0 Å². The molecule has 6 nitrogen and oxygen atoms in total. The molecule has 1 unspecified atom stereocenters. The van der Waals surface area contributed by atoms with E-state index in [1.165, 1.54) is 0 Å². The van der Waals surface area contributed by atoms with Gasteiger partial charge in [-0.3, -0.25) is 9.59 Å². The molecule has 1 aromatic carbocycles. The Balaban J connectivity index is 1.54. The molecule has 2 aromatic heterocycles. The van der Waals surface area contributed by atoms with Crippen LogP contribution in [0.1, 0.15) is 30.1 Å². The number of carbonyl (C=O) groups is 2. The summed E-state index contributed by atoms with van der Waals surface area (Å²) >= 11 is 1.55. The number of fused-ring (bicyclic) bond motifs is 1. The van der Waals surface area contributed by atoms with Gasteiger partial charge in [0.25, 0.3) is 5.91 Å². The molecule has 0 saturated carbocycles. The maximum Gasteiger partial charge on any atom is 0.310 e. The average Bonchev–Trinajstić information content (AvgIpc) is 3.36. The van der Waals surface area contributed by atoms with Gasteiger partial charge >= 0.3 is 5.97 Å². The highest BCUT2D eigenvalue weighted by Crippen LogP contribution is 2.27. The Labute approximate surface area is 161 Å². The lowest BCUT2D eigenvalue weighted by molar-refractivity contribution is -0.149. The molecule has 0 aliphatic carbocycles. The van der Waals surface area contributed by atoms with Gasteiger partial charge in [0.15, 0.2) is 5.13 Å².